The number of hydrogen-bond acceptors (Lipinski definition) is 3. The van der Waals surface area contributed by atoms with Crippen LogP contribution in [-0.4, -0.2) is 32.2 Å². The number of benzene rings is 1. The van der Waals surface area contributed by atoms with E-state index < -0.39 is 0 Å². The molecule has 0 aliphatic rings. The Hall–Kier alpha value is -1.39. The summed E-state index contributed by atoms with van der Waals surface area (Å²) in [6, 6.07) is 7.58. The molecule has 0 heterocycles. The molecule has 100 valence electrons. The van der Waals surface area contributed by atoms with Crippen LogP contribution in [0, 0.1) is 0 Å². The van der Waals surface area contributed by atoms with Crippen molar-refractivity contribution < 1.29 is 9.53 Å². The van der Waals surface area contributed by atoms with Crippen molar-refractivity contribution in [2.24, 2.45) is 5.73 Å². The van der Waals surface area contributed by atoms with E-state index >= 15 is 0 Å². The Kier molecular flexibility index (Phi) is 7.06. The predicted molar refractivity (Wildman–Crippen MR) is 72.6 cm³/mol. The second-order valence-electron chi connectivity index (χ2n) is 4.00. The summed E-state index contributed by atoms with van der Waals surface area (Å²) in [6.07, 6.45) is 1.56. The van der Waals surface area contributed by atoms with Crippen LogP contribution in [-0.2, 0) is 11.2 Å². The lowest BCUT2D eigenvalue weighted by molar-refractivity contribution is 0.0943. The first-order valence-electron chi connectivity index (χ1n) is 6.43. The molecule has 0 fully saturated rings. The van der Waals surface area contributed by atoms with E-state index in [9.17, 15) is 4.79 Å². The summed E-state index contributed by atoms with van der Waals surface area (Å²) in [4.78, 5) is 12.0. The largest absolute Gasteiger partial charge is 0.382 e. The van der Waals surface area contributed by atoms with E-state index in [1.54, 1.807) is 0 Å². The second-order valence-corrected chi connectivity index (χ2v) is 4.00. The average molecular weight is 250 g/mol. The number of nitrogens with two attached hydrogens (primary N) is 1. The highest BCUT2D eigenvalue weighted by Crippen LogP contribution is 2.08. The van der Waals surface area contributed by atoms with Gasteiger partial charge >= 0.3 is 0 Å². The lowest BCUT2D eigenvalue weighted by atomic mass is 10.0. The summed E-state index contributed by atoms with van der Waals surface area (Å²) < 4.78 is 5.22. The molecule has 1 aromatic rings. The van der Waals surface area contributed by atoms with Gasteiger partial charge < -0.3 is 15.8 Å². The normalized spacial score (nSPS) is 10.3. The van der Waals surface area contributed by atoms with Gasteiger partial charge in [-0.15, -0.1) is 0 Å². The van der Waals surface area contributed by atoms with Crippen LogP contribution in [0.15, 0.2) is 24.3 Å². The Labute approximate surface area is 109 Å². The molecule has 0 unspecified atom stereocenters. The molecule has 0 bridgehead atoms. The molecule has 0 aliphatic carbocycles. The van der Waals surface area contributed by atoms with Gasteiger partial charge in [0.25, 0.3) is 5.91 Å². The monoisotopic (exact) mass is 250 g/mol. The van der Waals surface area contributed by atoms with Gasteiger partial charge in [0.05, 0.1) is 0 Å². The molecule has 4 heteroatoms. The maximum absolute atomic E-state index is 12.0. The Balaban J connectivity index is 2.45. The highest BCUT2D eigenvalue weighted by Gasteiger charge is 2.09. The van der Waals surface area contributed by atoms with Crippen LogP contribution in [0.3, 0.4) is 0 Å². The van der Waals surface area contributed by atoms with Crippen LogP contribution in [0.1, 0.15) is 29.3 Å². The molecule has 1 rings (SSSR count). The highest BCUT2D eigenvalue weighted by molar-refractivity contribution is 5.95. The van der Waals surface area contributed by atoms with Crippen LogP contribution < -0.4 is 11.1 Å². The Morgan fingerprint density at radius 2 is 2.17 bits per heavy atom. The van der Waals surface area contributed by atoms with Crippen molar-refractivity contribution in [2.75, 3.05) is 26.3 Å². The Morgan fingerprint density at radius 3 is 2.89 bits per heavy atom. The first-order valence-corrected chi connectivity index (χ1v) is 6.43. The maximum atomic E-state index is 12.0. The summed E-state index contributed by atoms with van der Waals surface area (Å²) in [5.41, 5.74) is 7.26. The SMILES string of the molecule is CCOCCCNC(=O)c1ccccc1CCN. The number of hydrogen-bond donors (Lipinski definition) is 2. The topological polar surface area (TPSA) is 64.3 Å². The third-order valence-corrected chi connectivity index (χ3v) is 2.63. The molecule has 0 saturated carbocycles. The minimum atomic E-state index is -0.0319. The zero-order valence-electron chi connectivity index (χ0n) is 10.9. The van der Waals surface area contributed by atoms with Crippen molar-refractivity contribution >= 4 is 5.91 Å². The maximum Gasteiger partial charge on any atom is 0.251 e. The molecule has 0 saturated heterocycles. The fourth-order valence-corrected chi connectivity index (χ4v) is 1.73. The first kappa shape index (κ1) is 14.7. The van der Waals surface area contributed by atoms with E-state index in [2.05, 4.69) is 5.32 Å². The van der Waals surface area contributed by atoms with Crippen LogP contribution in [0.5, 0.6) is 0 Å². The Morgan fingerprint density at radius 1 is 1.39 bits per heavy atom. The number of carbonyl (C=O) groups excluding carboxylic acids is 1. The molecule has 0 aromatic heterocycles. The van der Waals surface area contributed by atoms with Gasteiger partial charge in [0.2, 0.25) is 0 Å². The van der Waals surface area contributed by atoms with Crippen molar-refractivity contribution in [1.29, 1.82) is 0 Å². The zero-order valence-corrected chi connectivity index (χ0v) is 10.9. The fourth-order valence-electron chi connectivity index (χ4n) is 1.73. The molecule has 0 aliphatic heterocycles. The van der Waals surface area contributed by atoms with Gasteiger partial charge in [0.1, 0.15) is 0 Å². The number of amides is 1. The second kappa shape index (κ2) is 8.66. The van der Waals surface area contributed by atoms with Crippen molar-refractivity contribution in [3.8, 4) is 0 Å². The van der Waals surface area contributed by atoms with Gasteiger partial charge in [0.15, 0.2) is 0 Å². The van der Waals surface area contributed by atoms with Gasteiger partial charge in [-0.2, -0.15) is 0 Å². The van der Waals surface area contributed by atoms with Crippen molar-refractivity contribution in [3.05, 3.63) is 35.4 Å². The van der Waals surface area contributed by atoms with E-state index in [0.717, 1.165) is 24.0 Å². The van der Waals surface area contributed by atoms with Gasteiger partial charge in [-0.3, -0.25) is 4.79 Å². The van der Waals surface area contributed by atoms with Gasteiger partial charge in [0, 0.05) is 25.3 Å². The fraction of sp³-hybridized carbons (Fsp3) is 0.500. The van der Waals surface area contributed by atoms with E-state index in [4.69, 9.17) is 10.5 Å². The summed E-state index contributed by atoms with van der Waals surface area (Å²) in [7, 11) is 0. The number of ether oxygens (including phenoxy) is 1. The quantitative estimate of drug-likeness (QED) is 0.684. The van der Waals surface area contributed by atoms with E-state index in [1.165, 1.54) is 0 Å². The van der Waals surface area contributed by atoms with Crippen molar-refractivity contribution in [2.45, 2.75) is 19.8 Å². The molecular formula is C14H22N2O2. The smallest absolute Gasteiger partial charge is 0.251 e. The van der Waals surface area contributed by atoms with Gasteiger partial charge in [-0.05, 0) is 37.9 Å². The zero-order chi connectivity index (χ0) is 13.2. The Bertz CT molecular complexity index is 367. The van der Waals surface area contributed by atoms with Crippen LogP contribution in [0.4, 0.5) is 0 Å². The summed E-state index contributed by atoms with van der Waals surface area (Å²) in [5, 5.41) is 2.90. The molecule has 1 aromatic carbocycles. The van der Waals surface area contributed by atoms with E-state index in [-0.39, 0.29) is 5.91 Å². The minimum absolute atomic E-state index is 0.0319. The molecule has 3 N–H and O–H groups in total. The third-order valence-electron chi connectivity index (χ3n) is 2.63. The van der Waals surface area contributed by atoms with Crippen LogP contribution in [0.2, 0.25) is 0 Å². The van der Waals surface area contributed by atoms with Gasteiger partial charge in [-0.25, -0.2) is 0 Å². The molecule has 18 heavy (non-hydrogen) atoms. The van der Waals surface area contributed by atoms with Crippen LogP contribution >= 0.6 is 0 Å². The molecular weight excluding hydrogens is 228 g/mol. The highest BCUT2D eigenvalue weighted by atomic mass is 16.5. The molecule has 0 radical (unpaired) electrons. The van der Waals surface area contributed by atoms with Gasteiger partial charge in [-0.1, -0.05) is 18.2 Å². The molecule has 0 atom stereocenters. The third kappa shape index (κ3) is 4.85. The van der Waals surface area contributed by atoms with E-state index in [0.29, 0.717) is 26.3 Å². The lowest BCUT2D eigenvalue weighted by Crippen LogP contribution is -2.26. The van der Waals surface area contributed by atoms with Crippen molar-refractivity contribution in [1.82, 2.24) is 5.32 Å². The predicted octanol–water partition coefficient (Wildman–Crippen LogP) is 1.34. The number of rotatable bonds is 8. The van der Waals surface area contributed by atoms with Crippen molar-refractivity contribution in [3.63, 3.8) is 0 Å². The van der Waals surface area contributed by atoms with E-state index in [1.807, 2.05) is 31.2 Å². The first-order chi connectivity index (χ1) is 8.79. The summed E-state index contributed by atoms with van der Waals surface area (Å²) >= 11 is 0. The molecule has 0 spiro atoms. The van der Waals surface area contributed by atoms with Crippen LogP contribution in [0.25, 0.3) is 0 Å². The minimum Gasteiger partial charge on any atom is -0.382 e. The average Bonchev–Trinajstić information content (AvgIpc) is 2.39. The molecule has 4 nitrogen and oxygen atoms in total. The summed E-state index contributed by atoms with van der Waals surface area (Å²) in [6.45, 7) is 4.54. The summed E-state index contributed by atoms with van der Waals surface area (Å²) in [5.74, 6) is -0.0319. The standard InChI is InChI=1S/C14H22N2O2/c1-2-18-11-5-10-16-14(17)13-7-4-3-6-12(13)8-9-15/h3-4,6-7H,2,5,8-11,15H2,1H3,(H,16,17). The number of nitrogens with one attached hydrogen (secondary N) is 1. The number of carbonyl (C=O) groups is 1. The lowest BCUT2D eigenvalue weighted by Gasteiger charge is -2.09. The molecule has 1 amide bonds.